The fraction of sp³-hybridized carbons (Fsp3) is 0.278. The molecule has 0 aliphatic carbocycles. The maximum atomic E-state index is 13.5. The monoisotopic (exact) mass is 360 g/mol. The van der Waals surface area contributed by atoms with Crippen molar-refractivity contribution in [2.24, 2.45) is 0 Å². The highest BCUT2D eigenvalue weighted by molar-refractivity contribution is 6.00. The zero-order valence-corrected chi connectivity index (χ0v) is 13.7. The van der Waals surface area contributed by atoms with Gasteiger partial charge in [0.15, 0.2) is 11.3 Å². The smallest absolute Gasteiger partial charge is 0.338 e. The van der Waals surface area contributed by atoms with Crippen molar-refractivity contribution in [2.45, 2.75) is 19.0 Å². The number of carbonyl (C=O) groups excluding carboxylic acids is 1. The van der Waals surface area contributed by atoms with Gasteiger partial charge >= 0.3 is 6.18 Å². The number of rotatable bonds is 2. The van der Waals surface area contributed by atoms with Gasteiger partial charge in [-0.25, -0.2) is 9.50 Å². The molecule has 1 fully saturated rings. The third kappa shape index (κ3) is 2.81. The average molecular weight is 360 g/mol. The number of halogens is 3. The second-order valence-corrected chi connectivity index (χ2v) is 6.18. The molecule has 1 aromatic carbocycles. The second kappa shape index (κ2) is 6.12. The highest BCUT2D eigenvalue weighted by atomic mass is 19.4. The zero-order chi connectivity index (χ0) is 18.3. The molecule has 1 amide bonds. The molecule has 2 aromatic heterocycles. The van der Waals surface area contributed by atoms with Crippen molar-refractivity contribution in [1.29, 1.82) is 0 Å². The Morgan fingerprint density at radius 3 is 2.42 bits per heavy atom. The summed E-state index contributed by atoms with van der Waals surface area (Å²) in [6.07, 6.45) is -1.67. The summed E-state index contributed by atoms with van der Waals surface area (Å²) in [6, 6.07) is 9.53. The normalized spacial score (nSPS) is 15.0. The van der Waals surface area contributed by atoms with Crippen LogP contribution in [-0.4, -0.2) is 38.5 Å². The van der Waals surface area contributed by atoms with Crippen LogP contribution in [0.25, 0.3) is 16.9 Å². The molecule has 3 aromatic rings. The highest BCUT2D eigenvalue weighted by Gasteiger charge is 2.36. The van der Waals surface area contributed by atoms with Crippen LogP contribution in [0.1, 0.15) is 28.9 Å². The molecule has 0 radical (unpaired) electrons. The van der Waals surface area contributed by atoms with E-state index in [2.05, 4.69) is 10.1 Å². The fourth-order valence-electron chi connectivity index (χ4n) is 3.16. The highest BCUT2D eigenvalue weighted by Crippen LogP contribution is 2.33. The third-order valence-corrected chi connectivity index (χ3v) is 4.46. The number of benzene rings is 1. The molecule has 4 rings (SSSR count). The Bertz CT molecular complexity index is 960. The number of aromatic nitrogens is 3. The first-order valence-corrected chi connectivity index (χ1v) is 8.26. The summed E-state index contributed by atoms with van der Waals surface area (Å²) in [5, 5.41) is 3.80. The lowest BCUT2D eigenvalue weighted by atomic mass is 10.1. The molecule has 5 nitrogen and oxygen atoms in total. The first-order chi connectivity index (χ1) is 12.4. The summed E-state index contributed by atoms with van der Waals surface area (Å²) in [5.41, 5.74) is -0.241. The molecule has 0 bridgehead atoms. The minimum Gasteiger partial charge on any atom is -0.338 e. The van der Waals surface area contributed by atoms with E-state index in [1.807, 2.05) is 0 Å². The molecule has 0 atom stereocenters. The van der Waals surface area contributed by atoms with Crippen LogP contribution < -0.4 is 0 Å². The molecule has 0 saturated carbocycles. The molecule has 134 valence electrons. The summed E-state index contributed by atoms with van der Waals surface area (Å²) in [4.78, 5) is 18.6. The van der Waals surface area contributed by atoms with Crippen LogP contribution in [-0.2, 0) is 6.18 Å². The van der Waals surface area contributed by atoms with Crippen molar-refractivity contribution in [2.75, 3.05) is 13.1 Å². The zero-order valence-electron chi connectivity index (χ0n) is 13.7. The summed E-state index contributed by atoms with van der Waals surface area (Å²) in [6.45, 7) is 1.20. The van der Waals surface area contributed by atoms with Crippen LogP contribution in [0.3, 0.4) is 0 Å². The number of hydrogen-bond acceptors (Lipinski definition) is 3. The van der Waals surface area contributed by atoms with E-state index >= 15 is 0 Å². The van der Waals surface area contributed by atoms with Crippen molar-refractivity contribution in [1.82, 2.24) is 19.5 Å². The molecular weight excluding hydrogens is 345 g/mol. The topological polar surface area (TPSA) is 50.5 Å². The summed E-state index contributed by atoms with van der Waals surface area (Å²) < 4.78 is 41.3. The van der Waals surface area contributed by atoms with E-state index in [0.29, 0.717) is 23.2 Å². The number of nitrogens with zero attached hydrogens (tertiary/aromatic N) is 4. The van der Waals surface area contributed by atoms with E-state index < -0.39 is 11.9 Å². The van der Waals surface area contributed by atoms with E-state index in [1.165, 1.54) is 6.20 Å². The van der Waals surface area contributed by atoms with Crippen LogP contribution in [0.4, 0.5) is 13.2 Å². The van der Waals surface area contributed by atoms with Gasteiger partial charge in [0.05, 0.1) is 11.9 Å². The molecule has 0 spiro atoms. The summed E-state index contributed by atoms with van der Waals surface area (Å²) >= 11 is 0. The first-order valence-electron chi connectivity index (χ1n) is 8.26. The minimum atomic E-state index is -4.62. The van der Waals surface area contributed by atoms with Gasteiger partial charge < -0.3 is 4.90 Å². The maximum Gasteiger partial charge on any atom is 0.433 e. The van der Waals surface area contributed by atoms with Crippen LogP contribution in [0.2, 0.25) is 0 Å². The lowest BCUT2D eigenvalue weighted by Gasteiger charge is -2.15. The number of fused-ring (bicyclic) bond motifs is 1. The van der Waals surface area contributed by atoms with E-state index in [-0.39, 0.29) is 22.8 Å². The molecule has 26 heavy (non-hydrogen) atoms. The quantitative estimate of drug-likeness (QED) is 0.701. The Labute approximate surface area is 147 Å². The Morgan fingerprint density at radius 1 is 1.08 bits per heavy atom. The first kappa shape index (κ1) is 16.6. The lowest BCUT2D eigenvalue weighted by Crippen LogP contribution is -2.27. The average Bonchev–Trinajstić information content (AvgIpc) is 3.30. The Morgan fingerprint density at radius 2 is 1.77 bits per heavy atom. The number of carbonyl (C=O) groups is 1. The molecule has 8 heteroatoms. The van der Waals surface area contributed by atoms with E-state index in [4.69, 9.17) is 0 Å². The molecule has 0 unspecified atom stereocenters. The fourth-order valence-corrected chi connectivity index (χ4v) is 3.16. The van der Waals surface area contributed by atoms with Crippen molar-refractivity contribution >= 4 is 11.6 Å². The van der Waals surface area contributed by atoms with Gasteiger partial charge in [-0.2, -0.15) is 18.3 Å². The van der Waals surface area contributed by atoms with Gasteiger partial charge in [0.25, 0.3) is 5.91 Å². The van der Waals surface area contributed by atoms with Gasteiger partial charge in [-0.15, -0.1) is 0 Å². The molecule has 1 aliphatic rings. The van der Waals surface area contributed by atoms with E-state index in [9.17, 15) is 18.0 Å². The third-order valence-electron chi connectivity index (χ3n) is 4.46. The van der Waals surface area contributed by atoms with Crippen molar-refractivity contribution in [3.05, 3.63) is 53.9 Å². The predicted octanol–water partition coefficient (Wildman–Crippen LogP) is 3.65. The van der Waals surface area contributed by atoms with E-state index in [0.717, 1.165) is 18.9 Å². The van der Waals surface area contributed by atoms with Crippen molar-refractivity contribution in [3.63, 3.8) is 0 Å². The van der Waals surface area contributed by atoms with Crippen LogP contribution in [0.5, 0.6) is 0 Å². The Hall–Kier alpha value is -2.90. The second-order valence-electron chi connectivity index (χ2n) is 6.18. The maximum absolute atomic E-state index is 13.5. The SMILES string of the molecule is O=C(c1cnn2c(C(F)(F)F)cc(-c3ccccc3)nc12)N1CCCC1. The Balaban J connectivity index is 1.92. The number of amides is 1. The van der Waals surface area contributed by atoms with Gasteiger partial charge in [0.1, 0.15) is 5.56 Å². The van der Waals surface area contributed by atoms with Crippen LogP contribution in [0.15, 0.2) is 42.6 Å². The van der Waals surface area contributed by atoms with Crippen molar-refractivity contribution < 1.29 is 18.0 Å². The molecule has 3 heterocycles. The van der Waals surface area contributed by atoms with Crippen LogP contribution in [0, 0.1) is 0 Å². The summed E-state index contributed by atoms with van der Waals surface area (Å²) in [5.74, 6) is -0.330. The number of alkyl halides is 3. The van der Waals surface area contributed by atoms with Gasteiger partial charge in [0.2, 0.25) is 0 Å². The largest absolute Gasteiger partial charge is 0.433 e. The number of hydrogen-bond donors (Lipinski definition) is 0. The molecule has 1 saturated heterocycles. The minimum absolute atomic E-state index is 0.0735. The van der Waals surface area contributed by atoms with Crippen LogP contribution >= 0.6 is 0 Å². The summed E-state index contributed by atoms with van der Waals surface area (Å²) in [7, 11) is 0. The van der Waals surface area contributed by atoms with Crippen molar-refractivity contribution in [3.8, 4) is 11.3 Å². The van der Waals surface area contributed by atoms with Gasteiger partial charge in [-0.1, -0.05) is 30.3 Å². The Kier molecular flexibility index (Phi) is 3.90. The molecule has 1 aliphatic heterocycles. The molecular formula is C18H15F3N4O. The van der Waals surface area contributed by atoms with E-state index in [1.54, 1.807) is 35.2 Å². The van der Waals surface area contributed by atoms with Gasteiger partial charge in [0, 0.05) is 18.7 Å². The van der Waals surface area contributed by atoms with Gasteiger partial charge in [-0.05, 0) is 18.9 Å². The molecule has 0 N–H and O–H groups in total. The van der Waals surface area contributed by atoms with Gasteiger partial charge in [-0.3, -0.25) is 4.79 Å². The predicted molar refractivity (Wildman–Crippen MR) is 88.6 cm³/mol. The standard InChI is InChI=1S/C18H15F3N4O/c19-18(20,21)15-10-14(12-6-2-1-3-7-12)23-16-13(11-22-25(15)16)17(26)24-8-4-5-9-24/h1-3,6-7,10-11H,4-5,8-9H2. The lowest BCUT2D eigenvalue weighted by molar-refractivity contribution is -0.142. The number of likely N-dealkylation sites (tertiary alicyclic amines) is 1.